The molecule has 2 fully saturated rings. The Morgan fingerprint density at radius 2 is 1.79 bits per heavy atom. The van der Waals surface area contributed by atoms with Crippen LogP contribution in [0.1, 0.15) is 77.8 Å². The molecular formula is C32H42FN3O6. The largest absolute Gasteiger partial charge is 0.497 e. The van der Waals surface area contributed by atoms with E-state index in [9.17, 15) is 14.4 Å². The normalized spacial score (nSPS) is 29.6. The van der Waals surface area contributed by atoms with E-state index in [0.29, 0.717) is 41.1 Å². The third kappa shape index (κ3) is 6.37. The highest BCUT2D eigenvalue weighted by atomic mass is 19.1. The molecule has 5 rings (SSSR count). The van der Waals surface area contributed by atoms with E-state index in [2.05, 4.69) is 0 Å². The van der Waals surface area contributed by atoms with Crippen LogP contribution >= 0.6 is 0 Å². The maximum atomic E-state index is 15.8. The number of esters is 1. The highest BCUT2D eigenvalue weighted by Crippen LogP contribution is 2.37. The minimum absolute atomic E-state index is 0.127. The Bertz CT molecular complexity index is 1310. The molecule has 1 amide bonds. The summed E-state index contributed by atoms with van der Waals surface area (Å²) in [5.41, 5.74) is 1.21. The topological polar surface area (TPSA) is 108 Å². The molecule has 1 saturated heterocycles. The molecule has 10 heteroatoms. The van der Waals surface area contributed by atoms with Crippen molar-refractivity contribution < 1.29 is 33.0 Å². The lowest BCUT2D eigenvalue weighted by atomic mass is 9.77. The number of hydrogen-bond donors (Lipinski definition) is 0. The lowest BCUT2D eigenvalue weighted by Crippen LogP contribution is -2.47. The molecule has 9 nitrogen and oxygen atoms in total. The molecule has 2 bridgehead atoms. The summed E-state index contributed by atoms with van der Waals surface area (Å²) >= 11 is 0. The van der Waals surface area contributed by atoms with Gasteiger partial charge >= 0.3 is 5.97 Å². The average molecular weight is 584 g/mol. The Labute approximate surface area is 246 Å². The zero-order valence-electron chi connectivity index (χ0n) is 25.0. The first kappa shape index (κ1) is 30.2. The third-order valence-electron chi connectivity index (χ3n) is 9.09. The number of fused-ring (bicyclic) bond motifs is 5. The third-order valence-corrected chi connectivity index (χ3v) is 9.09. The van der Waals surface area contributed by atoms with Gasteiger partial charge in [-0.05, 0) is 62.0 Å². The predicted octanol–water partition coefficient (Wildman–Crippen LogP) is 5.01. The molecular weight excluding hydrogens is 541 g/mol. The predicted molar refractivity (Wildman–Crippen MR) is 154 cm³/mol. The number of aldehydes is 1. The zero-order chi connectivity index (χ0) is 30.0. The van der Waals surface area contributed by atoms with Gasteiger partial charge in [0, 0.05) is 6.07 Å². The van der Waals surface area contributed by atoms with Crippen LogP contribution in [0.25, 0.3) is 11.0 Å². The van der Waals surface area contributed by atoms with Crippen molar-refractivity contribution in [2.45, 2.75) is 103 Å². The minimum atomic E-state index is -1.77. The first-order valence-electron chi connectivity index (χ1n) is 15.2. The lowest BCUT2D eigenvalue weighted by Gasteiger charge is -2.34. The van der Waals surface area contributed by atoms with Crippen LogP contribution in [-0.2, 0) is 25.5 Å². The van der Waals surface area contributed by atoms with E-state index in [1.807, 2.05) is 32.9 Å². The Morgan fingerprint density at radius 1 is 1.00 bits per heavy atom. The number of carbonyl (C=O) groups excluding carboxylic acids is 3. The number of aryl methyl sites for hydroxylation is 1. The van der Waals surface area contributed by atoms with E-state index in [-0.39, 0.29) is 24.9 Å². The summed E-state index contributed by atoms with van der Waals surface area (Å²) in [5.74, 6) is -0.549. The van der Waals surface area contributed by atoms with E-state index < -0.39 is 41.5 Å². The number of carbonyl (C=O) groups is 3. The SMILES string of the molecule is COc1ccc2nc3c(nc2c1)O[C@H]1CN(C(=O)[C@H](C(C)(C)C)CC(=O)O[C@@H]2CCC[C@H]2CCCCC3)[C@H](C=O)[C@@H]1F. The number of aromatic nitrogens is 2. The van der Waals surface area contributed by atoms with Gasteiger partial charge in [-0.25, -0.2) is 14.4 Å². The fourth-order valence-corrected chi connectivity index (χ4v) is 6.59. The molecule has 6 atom stereocenters. The molecule has 3 heterocycles. The molecule has 1 aromatic heterocycles. The van der Waals surface area contributed by atoms with Gasteiger partial charge in [0.1, 0.15) is 29.9 Å². The maximum Gasteiger partial charge on any atom is 0.306 e. The standard InChI is InChI=1S/C32H42FN3O6/c1-32(2,3)21-16-28(38)41-26-12-8-10-19(26)9-6-5-7-11-23-30(35-24-15-20(40-4)13-14-22(24)34-23)42-27-17-36(31(21)39)25(18-37)29(27)33/h13-15,18-19,21,25-27,29H,5-12,16-17H2,1-4H3/t19-,21-,25-,26-,27+,29+/m1/s1. The van der Waals surface area contributed by atoms with Gasteiger partial charge in [-0.3, -0.25) is 9.59 Å². The molecule has 2 aromatic rings. The van der Waals surface area contributed by atoms with E-state index in [0.717, 1.165) is 44.9 Å². The number of amides is 1. The van der Waals surface area contributed by atoms with Gasteiger partial charge in [-0.1, -0.05) is 33.6 Å². The van der Waals surface area contributed by atoms with E-state index >= 15 is 4.39 Å². The number of methoxy groups -OCH3 is 1. The number of hydrogen-bond acceptors (Lipinski definition) is 8. The van der Waals surface area contributed by atoms with Gasteiger partial charge in [0.15, 0.2) is 12.3 Å². The van der Waals surface area contributed by atoms with Crippen molar-refractivity contribution in [1.82, 2.24) is 14.9 Å². The fourth-order valence-electron chi connectivity index (χ4n) is 6.59. The average Bonchev–Trinajstić information content (AvgIpc) is 3.52. The van der Waals surface area contributed by atoms with Gasteiger partial charge in [-0.15, -0.1) is 0 Å². The number of rotatable bonds is 2. The van der Waals surface area contributed by atoms with Crippen LogP contribution in [0.2, 0.25) is 0 Å². The summed E-state index contributed by atoms with van der Waals surface area (Å²) in [4.78, 5) is 49.9. The van der Waals surface area contributed by atoms with Crippen LogP contribution < -0.4 is 9.47 Å². The molecule has 3 aliphatic rings. The van der Waals surface area contributed by atoms with Crippen molar-refractivity contribution >= 4 is 29.2 Å². The number of halogens is 1. The summed E-state index contributed by atoms with van der Waals surface area (Å²) in [6, 6.07) is 4.06. The molecule has 42 heavy (non-hydrogen) atoms. The first-order valence-corrected chi connectivity index (χ1v) is 15.2. The van der Waals surface area contributed by atoms with Crippen molar-refractivity contribution in [3.8, 4) is 11.6 Å². The molecule has 1 saturated carbocycles. The van der Waals surface area contributed by atoms with Gasteiger partial charge in [0.25, 0.3) is 0 Å². The Kier molecular flexibility index (Phi) is 8.99. The van der Waals surface area contributed by atoms with Crippen molar-refractivity contribution in [2.24, 2.45) is 17.3 Å². The van der Waals surface area contributed by atoms with Crippen molar-refractivity contribution in [2.75, 3.05) is 13.7 Å². The summed E-state index contributed by atoms with van der Waals surface area (Å²) in [6.07, 6.45) is 4.47. The van der Waals surface area contributed by atoms with Crippen molar-refractivity contribution in [1.29, 1.82) is 0 Å². The van der Waals surface area contributed by atoms with Crippen LogP contribution in [0.15, 0.2) is 18.2 Å². The van der Waals surface area contributed by atoms with E-state index in [1.54, 1.807) is 13.2 Å². The van der Waals surface area contributed by atoms with Crippen molar-refractivity contribution in [3.63, 3.8) is 0 Å². The second-order valence-corrected chi connectivity index (χ2v) is 13.0. The molecule has 228 valence electrons. The Balaban J connectivity index is 1.50. The molecule has 0 unspecified atom stereocenters. The monoisotopic (exact) mass is 583 g/mol. The van der Waals surface area contributed by atoms with Gasteiger partial charge in [0.2, 0.25) is 11.8 Å². The van der Waals surface area contributed by atoms with Crippen LogP contribution in [-0.4, -0.2) is 71.1 Å². The van der Waals surface area contributed by atoms with Crippen molar-refractivity contribution in [3.05, 3.63) is 23.9 Å². The lowest BCUT2D eigenvalue weighted by molar-refractivity contribution is -0.157. The minimum Gasteiger partial charge on any atom is -0.497 e. The zero-order valence-corrected chi connectivity index (χ0v) is 25.0. The highest BCUT2D eigenvalue weighted by Gasteiger charge is 2.49. The Morgan fingerprint density at radius 3 is 2.52 bits per heavy atom. The number of nitrogens with zero attached hydrogens (tertiary/aromatic N) is 3. The summed E-state index contributed by atoms with van der Waals surface area (Å²) in [6.45, 7) is 5.45. The van der Waals surface area contributed by atoms with E-state index in [1.165, 1.54) is 4.90 Å². The summed E-state index contributed by atoms with van der Waals surface area (Å²) in [7, 11) is 1.56. The molecule has 1 aliphatic carbocycles. The Hall–Kier alpha value is -3.30. The highest BCUT2D eigenvalue weighted by molar-refractivity contribution is 5.87. The molecule has 2 aliphatic heterocycles. The maximum absolute atomic E-state index is 15.8. The summed E-state index contributed by atoms with van der Waals surface area (Å²) in [5, 5.41) is 0. The first-order chi connectivity index (χ1) is 20.1. The van der Waals surface area contributed by atoms with Crippen LogP contribution in [0, 0.1) is 17.3 Å². The quantitative estimate of drug-likeness (QED) is 0.359. The fraction of sp³-hybridized carbons (Fsp3) is 0.656. The second-order valence-electron chi connectivity index (χ2n) is 13.0. The van der Waals surface area contributed by atoms with Gasteiger partial charge in [-0.2, -0.15) is 0 Å². The van der Waals surface area contributed by atoms with Crippen LogP contribution in [0.3, 0.4) is 0 Å². The second kappa shape index (κ2) is 12.5. The van der Waals surface area contributed by atoms with Crippen LogP contribution in [0.5, 0.6) is 11.6 Å². The van der Waals surface area contributed by atoms with Gasteiger partial charge in [0.05, 0.1) is 37.0 Å². The van der Waals surface area contributed by atoms with Crippen LogP contribution in [0.4, 0.5) is 4.39 Å². The number of benzene rings is 1. The van der Waals surface area contributed by atoms with E-state index in [4.69, 9.17) is 24.2 Å². The smallest absolute Gasteiger partial charge is 0.306 e. The molecule has 0 radical (unpaired) electrons. The van der Waals surface area contributed by atoms with Gasteiger partial charge < -0.3 is 23.9 Å². The summed E-state index contributed by atoms with van der Waals surface area (Å²) < 4.78 is 33.3. The molecule has 0 N–H and O–H groups in total. The number of alkyl halides is 1. The number of ether oxygens (including phenoxy) is 3. The molecule has 0 spiro atoms. The molecule has 1 aromatic carbocycles.